The molecule has 0 fully saturated rings. The molecule has 0 spiro atoms. The number of nitrogens with two attached hydrogens (primary N) is 1. The average Bonchev–Trinajstić information content (AvgIpc) is 2.83. The third-order valence-electron chi connectivity index (χ3n) is 4.91. The van der Waals surface area contributed by atoms with E-state index in [1.54, 1.807) is 24.2 Å². The zero-order valence-electron chi connectivity index (χ0n) is 17.1. The first-order valence-electron chi connectivity index (χ1n) is 9.76. The van der Waals surface area contributed by atoms with Gasteiger partial charge in [-0.25, -0.2) is 4.98 Å². The lowest BCUT2D eigenvalue weighted by Gasteiger charge is -2.11. The molecule has 5 nitrogen and oxygen atoms in total. The first kappa shape index (κ1) is 20.6. The second-order valence-corrected chi connectivity index (χ2v) is 7.69. The number of rotatable bonds is 7. The van der Waals surface area contributed by atoms with Gasteiger partial charge in [0.15, 0.2) is 0 Å². The molecular formula is C25H22N4OS. The SMILES string of the molecule is CSc1cc(COc2ccc(C(=N)/C(=C\N)c3ccncc3)cc2)nc2ccccc12. The van der Waals surface area contributed by atoms with E-state index in [1.807, 2.05) is 54.6 Å². The van der Waals surface area contributed by atoms with E-state index in [0.29, 0.717) is 17.9 Å². The van der Waals surface area contributed by atoms with Crippen LogP contribution in [0, 0.1) is 5.41 Å². The molecule has 4 aromatic rings. The number of hydrogen-bond acceptors (Lipinski definition) is 6. The summed E-state index contributed by atoms with van der Waals surface area (Å²) in [6, 6.07) is 21.3. The van der Waals surface area contributed by atoms with Crippen molar-refractivity contribution in [3.05, 3.63) is 102 Å². The van der Waals surface area contributed by atoms with Crippen LogP contribution in [-0.4, -0.2) is 21.9 Å². The molecule has 0 aliphatic rings. The minimum Gasteiger partial charge on any atom is -0.487 e. The molecule has 6 heteroatoms. The topological polar surface area (TPSA) is 84.9 Å². The molecule has 0 unspecified atom stereocenters. The van der Waals surface area contributed by atoms with Crippen molar-refractivity contribution in [1.82, 2.24) is 9.97 Å². The molecule has 31 heavy (non-hydrogen) atoms. The van der Waals surface area contributed by atoms with Gasteiger partial charge in [0.1, 0.15) is 12.4 Å². The summed E-state index contributed by atoms with van der Waals surface area (Å²) in [6.45, 7) is 0.375. The van der Waals surface area contributed by atoms with Crippen LogP contribution in [0.4, 0.5) is 0 Å². The number of nitrogens with zero attached hydrogens (tertiary/aromatic N) is 2. The van der Waals surface area contributed by atoms with Crippen molar-refractivity contribution in [1.29, 1.82) is 5.41 Å². The first-order valence-corrected chi connectivity index (χ1v) is 11.0. The summed E-state index contributed by atoms with van der Waals surface area (Å²) in [7, 11) is 0. The van der Waals surface area contributed by atoms with Gasteiger partial charge < -0.3 is 10.5 Å². The van der Waals surface area contributed by atoms with Crippen molar-refractivity contribution < 1.29 is 4.74 Å². The summed E-state index contributed by atoms with van der Waals surface area (Å²) >= 11 is 1.70. The van der Waals surface area contributed by atoms with Gasteiger partial charge in [-0.2, -0.15) is 0 Å². The highest BCUT2D eigenvalue weighted by Gasteiger charge is 2.11. The molecule has 0 saturated carbocycles. The molecule has 3 N–H and O–H groups in total. The van der Waals surface area contributed by atoms with Crippen LogP contribution in [0.5, 0.6) is 5.75 Å². The van der Waals surface area contributed by atoms with Crippen LogP contribution in [-0.2, 0) is 6.61 Å². The molecule has 0 saturated heterocycles. The van der Waals surface area contributed by atoms with Crippen LogP contribution < -0.4 is 10.5 Å². The molecule has 2 aromatic carbocycles. The van der Waals surface area contributed by atoms with Crippen molar-refractivity contribution in [2.24, 2.45) is 5.73 Å². The van der Waals surface area contributed by atoms with Gasteiger partial charge in [0.2, 0.25) is 0 Å². The summed E-state index contributed by atoms with van der Waals surface area (Å²) < 4.78 is 5.96. The van der Waals surface area contributed by atoms with Gasteiger partial charge >= 0.3 is 0 Å². The Balaban J connectivity index is 1.48. The number of hydrogen-bond donors (Lipinski definition) is 2. The highest BCUT2D eigenvalue weighted by molar-refractivity contribution is 7.98. The van der Waals surface area contributed by atoms with Crippen LogP contribution in [0.15, 0.2) is 90.2 Å². The lowest BCUT2D eigenvalue weighted by atomic mass is 9.97. The number of aromatic nitrogens is 2. The van der Waals surface area contributed by atoms with Crippen LogP contribution >= 0.6 is 11.8 Å². The predicted molar refractivity (Wildman–Crippen MR) is 128 cm³/mol. The number of allylic oxidation sites excluding steroid dienone is 1. The molecule has 0 radical (unpaired) electrons. The number of pyridine rings is 2. The van der Waals surface area contributed by atoms with Gasteiger partial charge in [0, 0.05) is 40.0 Å². The zero-order valence-corrected chi connectivity index (χ0v) is 17.9. The van der Waals surface area contributed by atoms with Crippen LogP contribution in [0.2, 0.25) is 0 Å². The Morgan fingerprint density at radius 3 is 2.48 bits per heavy atom. The highest BCUT2D eigenvalue weighted by atomic mass is 32.2. The number of nitrogens with one attached hydrogen (secondary N) is 1. The third-order valence-corrected chi connectivity index (χ3v) is 5.69. The molecule has 0 amide bonds. The lowest BCUT2D eigenvalue weighted by Crippen LogP contribution is -2.05. The predicted octanol–water partition coefficient (Wildman–Crippen LogP) is 5.30. The summed E-state index contributed by atoms with van der Waals surface area (Å²) in [6.07, 6.45) is 6.89. The molecule has 0 aliphatic heterocycles. The fraction of sp³-hybridized carbons (Fsp3) is 0.0800. The molecule has 0 bridgehead atoms. The van der Waals surface area contributed by atoms with Crippen molar-refractivity contribution in [2.45, 2.75) is 11.5 Å². The Labute approximate surface area is 185 Å². The smallest absolute Gasteiger partial charge is 0.130 e. The molecule has 154 valence electrons. The number of thioether (sulfide) groups is 1. The van der Waals surface area contributed by atoms with E-state index < -0.39 is 0 Å². The molecule has 2 heterocycles. The molecule has 0 aliphatic carbocycles. The summed E-state index contributed by atoms with van der Waals surface area (Å²) in [5.41, 5.74) is 10.3. The van der Waals surface area contributed by atoms with Crippen molar-refractivity contribution in [3.63, 3.8) is 0 Å². The standard InChI is InChI=1S/C25H22N4OS/c1-31-24-14-19(29-23-5-3-2-4-21(23)24)16-30-20-8-6-18(7-9-20)25(27)22(15-26)17-10-12-28-13-11-17/h2-15,27H,16,26H2,1H3/b22-15-,27-25?. The third kappa shape index (κ3) is 4.59. The summed E-state index contributed by atoms with van der Waals surface area (Å²) in [5.74, 6) is 0.722. The fourth-order valence-electron chi connectivity index (χ4n) is 3.32. The summed E-state index contributed by atoms with van der Waals surface area (Å²) in [4.78, 5) is 9.92. The minimum atomic E-state index is 0.348. The molecule has 4 rings (SSSR count). The fourth-order valence-corrected chi connectivity index (χ4v) is 3.97. The highest BCUT2D eigenvalue weighted by Crippen LogP contribution is 2.27. The van der Waals surface area contributed by atoms with Crippen LogP contribution in [0.25, 0.3) is 16.5 Å². The zero-order chi connectivity index (χ0) is 21.6. The van der Waals surface area contributed by atoms with Gasteiger partial charge in [0.25, 0.3) is 0 Å². The van der Waals surface area contributed by atoms with Gasteiger partial charge in [-0.15, -0.1) is 11.8 Å². The van der Waals surface area contributed by atoms with Crippen LogP contribution in [0.1, 0.15) is 16.8 Å². The molecule has 0 atom stereocenters. The Bertz CT molecular complexity index is 1240. The van der Waals surface area contributed by atoms with Gasteiger partial charge in [-0.3, -0.25) is 10.4 Å². The maximum Gasteiger partial charge on any atom is 0.130 e. The second kappa shape index (κ2) is 9.45. The molecule has 2 aromatic heterocycles. The summed E-state index contributed by atoms with van der Waals surface area (Å²) in [5, 5.41) is 9.68. The Morgan fingerprint density at radius 1 is 1.03 bits per heavy atom. The van der Waals surface area contributed by atoms with Crippen molar-refractivity contribution in [3.8, 4) is 5.75 Å². The van der Waals surface area contributed by atoms with Crippen molar-refractivity contribution >= 4 is 33.9 Å². The van der Waals surface area contributed by atoms with E-state index in [4.69, 9.17) is 20.9 Å². The van der Waals surface area contributed by atoms with E-state index in [1.165, 1.54) is 11.1 Å². The van der Waals surface area contributed by atoms with Crippen molar-refractivity contribution in [2.75, 3.05) is 6.26 Å². The number of fused-ring (bicyclic) bond motifs is 1. The quantitative estimate of drug-likeness (QED) is 0.309. The van der Waals surface area contributed by atoms with Gasteiger partial charge in [0.05, 0.1) is 16.9 Å². The van der Waals surface area contributed by atoms with Gasteiger partial charge in [-0.05, 0) is 60.4 Å². The van der Waals surface area contributed by atoms with E-state index in [2.05, 4.69) is 23.4 Å². The maximum absolute atomic E-state index is 8.53. The average molecular weight is 427 g/mol. The maximum atomic E-state index is 8.53. The first-order chi connectivity index (χ1) is 15.2. The van der Waals surface area contributed by atoms with E-state index in [9.17, 15) is 0 Å². The minimum absolute atomic E-state index is 0.348. The Hall–Kier alpha value is -3.64. The lowest BCUT2D eigenvalue weighted by molar-refractivity contribution is 0.301. The number of benzene rings is 2. The number of ether oxygens (including phenoxy) is 1. The number of para-hydroxylation sites is 1. The Morgan fingerprint density at radius 2 is 1.77 bits per heavy atom. The van der Waals surface area contributed by atoms with E-state index in [0.717, 1.165) is 33.5 Å². The van der Waals surface area contributed by atoms with E-state index >= 15 is 0 Å². The molecular weight excluding hydrogens is 404 g/mol. The largest absolute Gasteiger partial charge is 0.487 e. The van der Waals surface area contributed by atoms with Gasteiger partial charge in [-0.1, -0.05) is 18.2 Å². The Kier molecular flexibility index (Phi) is 6.29. The second-order valence-electron chi connectivity index (χ2n) is 6.84. The normalized spacial score (nSPS) is 11.5. The monoisotopic (exact) mass is 426 g/mol. The van der Waals surface area contributed by atoms with E-state index in [-0.39, 0.29) is 0 Å². The van der Waals surface area contributed by atoms with Crippen LogP contribution in [0.3, 0.4) is 0 Å².